The Bertz CT molecular complexity index is 1260. The summed E-state index contributed by atoms with van der Waals surface area (Å²) in [6.45, 7) is 3.97. The fourth-order valence-electron chi connectivity index (χ4n) is 6.80. The summed E-state index contributed by atoms with van der Waals surface area (Å²) in [5, 5.41) is 7.89. The second kappa shape index (κ2) is 11.3. The van der Waals surface area contributed by atoms with Gasteiger partial charge in [-0.05, 0) is 76.7 Å². The Labute approximate surface area is 238 Å². The summed E-state index contributed by atoms with van der Waals surface area (Å²) in [7, 11) is 2.10. The van der Waals surface area contributed by atoms with E-state index >= 15 is 0 Å². The van der Waals surface area contributed by atoms with E-state index < -0.39 is 11.7 Å². The fraction of sp³-hybridized carbons (Fsp3) is 0.633. The minimum absolute atomic E-state index is 0.00688. The van der Waals surface area contributed by atoms with Crippen molar-refractivity contribution in [2.45, 2.75) is 75.0 Å². The Morgan fingerprint density at radius 1 is 0.878 bits per heavy atom. The highest BCUT2D eigenvalue weighted by Gasteiger charge is 2.40. The van der Waals surface area contributed by atoms with Crippen molar-refractivity contribution in [3.8, 4) is 0 Å². The first-order valence-corrected chi connectivity index (χ1v) is 15.0. The third-order valence-corrected chi connectivity index (χ3v) is 9.35. The van der Waals surface area contributed by atoms with Crippen LogP contribution in [0.25, 0.3) is 0 Å². The lowest BCUT2D eigenvalue weighted by molar-refractivity contribution is -0.138. The van der Waals surface area contributed by atoms with Gasteiger partial charge in [0.15, 0.2) is 0 Å². The lowest BCUT2D eigenvalue weighted by atomic mass is 9.93. The molecule has 1 N–H and O–H groups in total. The third kappa shape index (κ3) is 5.96. The molecule has 8 nitrogen and oxygen atoms in total. The first kappa shape index (κ1) is 28.1. The number of hydrogen-bond donors (Lipinski definition) is 1. The number of nitrogens with zero attached hydrogens (tertiary/aromatic N) is 5. The molecule has 0 unspecified atom stereocenters. The summed E-state index contributed by atoms with van der Waals surface area (Å²) >= 11 is 0. The van der Waals surface area contributed by atoms with Gasteiger partial charge in [-0.25, -0.2) is 4.79 Å². The molecule has 4 fully saturated rings. The van der Waals surface area contributed by atoms with Crippen LogP contribution in [0.15, 0.2) is 30.5 Å². The molecule has 0 bridgehead atoms. The normalized spacial score (nSPS) is 23.3. The Morgan fingerprint density at radius 2 is 1.56 bits per heavy atom. The smallest absolute Gasteiger partial charge is 0.338 e. The summed E-state index contributed by atoms with van der Waals surface area (Å²) in [6.07, 6.45) is 3.25. The number of alkyl halides is 3. The first-order valence-electron chi connectivity index (χ1n) is 15.0. The molecule has 11 heteroatoms. The summed E-state index contributed by atoms with van der Waals surface area (Å²) < 4.78 is 42.9. The van der Waals surface area contributed by atoms with Crippen molar-refractivity contribution in [2.75, 3.05) is 46.3 Å². The summed E-state index contributed by atoms with van der Waals surface area (Å²) in [5.74, 6) is -0.201. The summed E-state index contributed by atoms with van der Waals surface area (Å²) in [5.41, 5.74) is 1.19. The number of benzene rings is 1. The molecule has 3 aliphatic heterocycles. The average Bonchev–Trinajstić information content (AvgIpc) is 3.51. The molecular formula is C30H39F3N6O2. The molecule has 1 aromatic heterocycles. The number of amides is 3. The summed E-state index contributed by atoms with van der Waals surface area (Å²) in [4.78, 5) is 32.4. The minimum Gasteiger partial charge on any atom is -0.338 e. The van der Waals surface area contributed by atoms with Crippen molar-refractivity contribution in [3.05, 3.63) is 52.8 Å². The maximum atomic E-state index is 13.7. The number of carbonyl (C=O) groups is 2. The molecule has 0 spiro atoms. The second-order valence-electron chi connectivity index (χ2n) is 12.2. The highest BCUT2D eigenvalue weighted by molar-refractivity contribution is 5.95. The monoisotopic (exact) mass is 572 g/mol. The van der Waals surface area contributed by atoms with Crippen molar-refractivity contribution in [1.29, 1.82) is 0 Å². The molecule has 3 saturated heterocycles. The Hall–Kier alpha value is -3.08. The minimum atomic E-state index is -4.42. The number of carbonyl (C=O) groups excluding carboxylic acids is 2. The molecule has 1 saturated carbocycles. The molecule has 6 rings (SSSR count). The van der Waals surface area contributed by atoms with Gasteiger partial charge in [0.25, 0.3) is 5.91 Å². The maximum absolute atomic E-state index is 13.7. The third-order valence-electron chi connectivity index (χ3n) is 9.35. The van der Waals surface area contributed by atoms with Crippen molar-refractivity contribution in [1.82, 2.24) is 29.8 Å². The highest BCUT2D eigenvalue weighted by atomic mass is 19.4. The van der Waals surface area contributed by atoms with Crippen molar-refractivity contribution >= 4 is 11.9 Å². The van der Waals surface area contributed by atoms with Crippen molar-refractivity contribution in [2.24, 2.45) is 0 Å². The van der Waals surface area contributed by atoms with Gasteiger partial charge in [-0.15, -0.1) is 0 Å². The van der Waals surface area contributed by atoms with Gasteiger partial charge in [0.05, 0.1) is 29.1 Å². The Kier molecular flexibility index (Phi) is 7.74. The van der Waals surface area contributed by atoms with Crippen molar-refractivity contribution < 1.29 is 22.8 Å². The van der Waals surface area contributed by atoms with Crippen LogP contribution in [-0.2, 0) is 6.18 Å². The molecule has 222 valence electrons. The van der Waals surface area contributed by atoms with Gasteiger partial charge in [-0.2, -0.15) is 18.3 Å². The van der Waals surface area contributed by atoms with E-state index in [9.17, 15) is 22.8 Å². The molecule has 2 aromatic rings. The number of rotatable bonds is 5. The zero-order valence-corrected chi connectivity index (χ0v) is 23.6. The predicted octanol–water partition coefficient (Wildman–Crippen LogP) is 4.85. The predicted molar refractivity (Wildman–Crippen MR) is 148 cm³/mol. The van der Waals surface area contributed by atoms with Crippen LogP contribution in [0.4, 0.5) is 18.0 Å². The van der Waals surface area contributed by atoms with Gasteiger partial charge in [0.1, 0.15) is 0 Å². The van der Waals surface area contributed by atoms with E-state index in [1.807, 2.05) is 9.58 Å². The zero-order chi connectivity index (χ0) is 28.7. The van der Waals surface area contributed by atoms with Crippen LogP contribution in [0, 0.1) is 0 Å². The van der Waals surface area contributed by atoms with Crippen LogP contribution in [0.5, 0.6) is 0 Å². The number of aromatic nitrogens is 2. The SMILES string of the molecule is CN1CCC(NC(=O)N2CCC(n3ncc(C(=O)N4CC[C@@H](c5ccccc5C(F)(F)F)C4)c3C3CC3)CC2)CC1. The fourth-order valence-corrected chi connectivity index (χ4v) is 6.80. The standard InChI is InChI=1S/C30H39F3N6O2/c1-36-13-9-22(10-14-36)35-29(41)37-16-11-23(12-17-37)39-27(20-6-7-20)25(18-34-39)28(40)38-15-8-21(19-38)24-4-2-3-5-26(24)30(31,32)33/h2-5,18,20-23H,6-17,19H2,1H3,(H,35,41)/t21-/m1/s1. The van der Waals surface area contributed by atoms with E-state index in [4.69, 9.17) is 0 Å². The molecule has 4 aliphatic rings. The van der Waals surface area contributed by atoms with Crippen LogP contribution in [0.1, 0.15) is 90.0 Å². The number of halogens is 3. The van der Waals surface area contributed by atoms with E-state index in [0.29, 0.717) is 31.6 Å². The van der Waals surface area contributed by atoms with Crippen molar-refractivity contribution in [3.63, 3.8) is 0 Å². The first-order chi connectivity index (χ1) is 19.7. The van der Waals surface area contributed by atoms with Gasteiger partial charge in [0.2, 0.25) is 0 Å². The maximum Gasteiger partial charge on any atom is 0.416 e. The molecule has 4 heterocycles. The molecule has 0 radical (unpaired) electrons. The van der Waals surface area contributed by atoms with Crippen LogP contribution in [0.2, 0.25) is 0 Å². The highest BCUT2D eigenvalue weighted by Crippen LogP contribution is 2.44. The molecular weight excluding hydrogens is 533 g/mol. The molecule has 41 heavy (non-hydrogen) atoms. The largest absolute Gasteiger partial charge is 0.416 e. The molecule has 1 atom stereocenters. The van der Waals surface area contributed by atoms with Crippen LogP contribution in [0.3, 0.4) is 0 Å². The number of piperidine rings is 2. The van der Waals surface area contributed by atoms with E-state index in [0.717, 1.165) is 63.4 Å². The quantitative estimate of drug-likeness (QED) is 0.556. The summed E-state index contributed by atoms with van der Waals surface area (Å²) in [6, 6.07) is 6.05. The average molecular weight is 573 g/mol. The van der Waals surface area contributed by atoms with E-state index in [1.165, 1.54) is 12.1 Å². The van der Waals surface area contributed by atoms with Crippen LogP contribution >= 0.6 is 0 Å². The number of likely N-dealkylation sites (tertiary alicyclic amines) is 3. The van der Waals surface area contributed by atoms with Gasteiger partial charge >= 0.3 is 12.2 Å². The van der Waals surface area contributed by atoms with Gasteiger partial charge in [-0.3, -0.25) is 9.48 Å². The van der Waals surface area contributed by atoms with E-state index in [1.54, 1.807) is 17.2 Å². The second-order valence-corrected chi connectivity index (χ2v) is 12.2. The molecule has 3 amide bonds. The Balaban J connectivity index is 1.10. The van der Waals surface area contributed by atoms with Gasteiger partial charge < -0.3 is 20.0 Å². The zero-order valence-electron chi connectivity index (χ0n) is 23.6. The van der Waals surface area contributed by atoms with E-state index in [2.05, 4.69) is 22.4 Å². The molecule has 1 aromatic carbocycles. The topological polar surface area (TPSA) is 73.7 Å². The number of urea groups is 1. The van der Waals surface area contributed by atoms with E-state index in [-0.39, 0.29) is 48.0 Å². The van der Waals surface area contributed by atoms with Crippen LogP contribution in [-0.4, -0.2) is 88.8 Å². The molecule has 1 aliphatic carbocycles. The van der Waals surface area contributed by atoms with Gasteiger partial charge in [-0.1, -0.05) is 18.2 Å². The van der Waals surface area contributed by atoms with Crippen LogP contribution < -0.4 is 5.32 Å². The number of hydrogen-bond acceptors (Lipinski definition) is 4. The number of nitrogens with one attached hydrogen (secondary N) is 1. The van der Waals surface area contributed by atoms with Gasteiger partial charge in [0, 0.05) is 44.1 Å². The Morgan fingerprint density at radius 3 is 2.24 bits per heavy atom. The lowest BCUT2D eigenvalue weighted by Gasteiger charge is -2.35. The lowest BCUT2D eigenvalue weighted by Crippen LogP contribution is -2.50.